The highest BCUT2D eigenvalue weighted by atomic mass is 79.9. The van der Waals surface area contributed by atoms with E-state index in [1.54, 1.807) is 13.2 Å². The summed E-state index contributed by atoms with van der Waals surface area (Å²) in [6.07, 6.45) is 3.81. The number of nitrogens with two attached hydrogens (primary N) is 1. The molecule has 1 aliphatic carbocycles. The minimum atomic E-state index is -0.516. The van der Waals surface area contributed by atoms with Crippen molar-refractivity contribution in [3.05, 3.63) is 28.0 Å². The zero-order chi connectivity index (χ0) is 11.8. The summed E-state index contributed by atoms with van der Waals surface area (Å²) in [6.45, 7) is 0. The molecule has 0 spiro atoms. The van der Waals surface area contributed by atoms with Gasteiger partial charge in [0.2, 0.25) is 0 Å². The van der Waals surface area contributed by atoms with Crippen LogP contribution < -0.4 is 10.5 Å². The van der Waals surface area contributed by atoms with E-state index in [4.69, 9.17) is 10.5 Å². The fourth-order valence-electron chi connectivity index (χ4n) is 2.34. The Labute approximate surface area is 103 Å². The van der Waals surface area contributed by atoms with Gasteiger partial charge in [0.05, 0.1) is 11.6 Å². The van der Waals surface area contributed by atoms with Gasteiger partial charge in [0.1, 0.15) is 11.6 Å². The Morgan fingerprint density at radius 2 is 2.00 bits per heavy atom. The monoisotopic (exact) mass is 287 g/mol. The molecule has 1 aliphatic rings. The van der Waals surface area contributed by atoms with E-state index in [1.807, 2.05) is 0 Å². The van der Waals surface area contributed by atoms with Crippen molar-refractivity contribution in [1.82, 2.24) is 0 Å². The number of methoxy groups -OCH3 is 1. The van der Waals surface area contributed by atoms with Crippen molar-refractivity contribution < 1.29 is 9.13 Å². The third-order valence-corrected chi connectivity index (χ3v) is 3.89. The maximum absolute atomic E-state index is 13.9. The highest BCUT2D eigenvalue weighted by Crippen LogP contribution is 2.40. The Balaban J connectivity index is 2.47. The van der Waals surface area contributed by atoms with E-state index in [9.17, 15) is 4.39 Å². The average Bonchev–Trinajstić information content (AvgIpc) is 2.66. The molecular formula is C12H15BrFNO. The van der Waals surface area contributed by atoms with Crippen LogP contribution in [0.5, 0.6) is 5.75 Å². The number of rotatable bonds is 2. The molecule has 0 saturated heterocycles. The van der Waals surface area contributed by atoms with E-state index in [2.05, 4.69) is 15.9 Å². The highest BCUT2D eigenvalue weighted by molar-refractivity contribution is 9.10. The van der Waals surface area contributed by atoms with Crippen LogP contribution in [0.3, 0.4) is 0 Å². The van der Waals surface area contributed by atoms with Crippen LogP contribution in [0.1, 0.15) is 31.2 Å². The van der Waals surface area contributed by atoms with Crippen molar-refractivity contribution in [1.29, 1.82) is 0 Å². The van der Waals surface area contributed by atoms with E-state index in [0.29, 0.717) is 15.8 Å². The van der Waals surface area contributed by atoms with Gasteiger partial charge in [-0.25, -0.2) is 4.39 Å². The molecule has 0 bridgehead atoms. The van der Waals surface area contributed by atoms with Crippen molar-refractivity contribution in [2.45, 2.75) is 31.2 Å². The Hall–Kier alpha value is -0.610. The van der Waals surface area contributed by atoms with Crippen LogP contribution in [0.15, 0.2) is 16.6 Å². The first-order valence-electron chi connectivity index (χ1n) is 5.39. The van der Waals surface area contributed by atoms with Gasteiger partial charge in [-0.3, -0.25) is 0 Å². The van der Waals surface area contributed by atoms with Gasteiger partial charge < -0.3 is 10.5 Å². The lowest BCUT2D eigenvalue weighted by molar-refractivity contribution is 0.397. The van der Waals surface area contributed by atoms with E-state index < -0.39 is 5.54 Å². The molecule has 2 rings (SSSR count). The molecule has 1 fully saturated rings. The first-order chi connectivity index (χ1) is 7.57. The Morgan fingerprint density at radius 1 is 1.38 bits per heavy atom. The van der Waals surface area contributed by atoms with E-state index in [0.717, 1.165) is 25.7 Å². The van der Waals surface area contributed by atoms with Gasteiger partial charge in [-0.2, -0.15) is 0 Å². The minimum Gasteiger partial charge on any atom is -0.496 e. The number of halogens is 2. The molecular weight excluding hydrogens is 273 g/mol. The second kappa shape index (κ2) is 4.34. The molecule has 0 heterocycles. The van der Waals surface area contributed by atoms with Gasteiger partial charge in [0.15, 0.2) is 0 Å². The molecule has 2 N–H and O–H groups in total. The van der Waals surface area contributed by atoms with Crippen molar-refractivity contribution in [2.75, 3.05) is 7.11 Å². The predicted octanol–water partition coefficient (Wildman–Crippen LogP) is 3.32. The number of ether oxygens (including phenoxy) is 1. The average molecular weight is 288 g/mol. The zero-order valence-corrected chi connectivity index (χ0v) is 10.8. The van der Waals surface area contributed by atoms with Gasteiger partial charge >= 0.3 is 0 Å². The van der Waals surface area contributed by atoms with Gasteiger partial charge in [-0.05, 0) is 40.9 Å². The Bertz CT molecular complexity index is 402. The van der Waals surface area contributed by atoms with Crippen molar-refractivity contribution in [3.63, 3.8) is 0 Å². The maximum Gasteiger partial charge on any atom is 0.133 e. The topological polar surface area (TPSA) is 35.2 Å². The molecule has 0 aromatic heterocycles. The summed E-state index contributed by atoms with van der Waals surface area (Å²) in [6, 6.07) is 3.14. The highest BCUT2D eigenvalue weighted by Gasteiger charge is 2.34. The summed E-state index contributed by atoms with van der Waals surface area (Å²) >= 11 is 3.26. The van der Waals surface area contributed by atoms with Crippen molar-refractivity contribution in [3.8, 4) is 5.75 Å². The number of benzene rings is 1. The third kappa shape index (κ3) is 1.96. The van der Waals surface area contributed by atoms with Crippen LogP contribution in [0.4, 0.5) is 4.39 Å². The number of hydrogen-bond donors (Lipinski definition) is 1. The molecule has 16 heavy (non-hydrogen) atoms. The van der Waals surface area contributed by atoms with Gasteiger partial charge in [0, 0.05) is 11.1 Å². The normalized spacial score (nSPS) is 18.8. The Kier molecular flexibility index (Phi) is 3.22. The summed E-state index contributed by atoms with van der Waals surface area (Å²) in [7, 11) is 1.57. The zero-order valence-electron chi connectivity index (χ0n) is 9.22. The van der Waals surface area contributed by atoms with Crippen LogP contribution in [-0.2, 0) is 5.54 Å². The maximum atomic E-state index is 13.9. The lowest BCUT2D eigenvalue weighted by Gasteiger charge is -2.25. The molecule has 4 heteroatoms. The van der Waals surface area contributed by atoms with Crippen LogP contribution in [0.25, 0.3) is 0 Å². The van der Waals surface area contributed by atoms with Crippen molar-refractivity contribution in [2.24, 2.45) is 5.73 Å². The Morgan fingerprint density at radius 3 is 2.56 bits per heavy atom. The largest absolute Gasteiger partial charge is 0.496 e. The third-order valence-electron chi connectivity index (χ3n) is 3.27. The van der Waals surface area contributed by atoms with Gasteiger partial charge in [-0.1, -0.05) is 12.8 Å². The molecule has 1 aromatic carbocycles. The molecule has 0 unspecified atom stereocenters. The lowest BCUT2D eigenvalue weighted by atomic mass is 9.89. The first kappa shape index (κ1) is 11.9. The molecule has 0 radical (unpaired) electrons. The van der Waals surface area contributed by atoms with E-state index in [1.165, 1.54) is 6.07 Å². The molecule has 0 amide bonds. The molecule has 0 aliphatic heterocycles. The fourth-order valence-corrected chi connectivity index (χ4v) is 2.82. The summed E-state index contributed by atoms with van der Waals surface area (Å²) in [5.74, 6) is 0.380. The van der Waals surface area contributed by atoms with Crippen LogP contribution in [-0.4, -0.2) is 7.11 Å². The molecule has 0 atom stereocenters. The quantitative estimate of drug-likeness (QED) is 0.906. The molecule has 88 valence electrons. The summed E-state index contributed by atoms with van der Waals surface area (Å²) < 4.78 is 19.7. The summed E-state index contributed by atoms with van der Waals surface area (Å²) in [4.78, 5) is 0. The summed E-state index contributed by atoms with van der Waals surface area (Å²) in [5, 5.41) is 0. The molecule has 2 nitrogen and oxygen atoms in total. The van der Waals surface area contributed by atoms with Crippen LogP contribution in [0.2, 0.25) is 0 Å². The van der Waals surface area contributed by atoms with Crippen molar-refractivity contribution >= 4 is 15.9 Å². The van der Waals surface area contributed by atoms with Crippen LogP contribution >= 0.6 is 15.9 Å². The second-order valence-corrected chi connectivity index (χ2v) is 5.18. The van der Waals surface area contributed by atoms with E-state index in [-0.39, 0.29) is 5.82 Å². The lowest BCUT2D eigenvalue weighted by Crippen LogP contribution is -2.34. The smallest absolute Gasteiger partial charge is 0.133 e. The minimum absolute atomic E-state index is 0.253. The summed E-state index contributed by atoms with van der Waals surface area (Å²) in [5.41, 5.74) is 6.30. The second-order valence-electron chi connectivity index (χ2n) is 4.33. The van der Waals surface area contributed by atoms with Gasteiger partial charge in [-0.15, -0.1) is 0 Å². The number of hydrogen-bond acceptors (Lipinski definition) is 2. The molecule has 1 saturated carbocycles. The SMILES string of the molecule is COc1cc(C2(N)CCCC2)c(F)cc1Br. The predicted molar refractivity (Wildman–Crippen MR) is 65.0 cm³/mol. The van der Waals surface area contributed by atoms with E-state index >= 15 is 0 Å². The fraction of sp³-hybridized carbons (Fsp3) is 0.500. The first-order valence-corrected chi connectivity index (χ1v) is 6.18. The van der Waals surface area contributed by atoms with Gasteiger partial charge in [0.25, 0.3) is 0 Å². The molecule has 1 aromatic rings. The standard InChI is InChI=1S/C12H15BrFNO/c1-16-11-6-8(10(14)7-9(11)13)12(15)4-2-3-5-12/h6-7H,2-5,15H2,1H3. The van der Waals surface area contributed by atoms with Crippen LogP contribution in [0, 0.1) is 5.82 Å².